The van der Waals surface area contributed by atoms with E-state index in [0.29, 0.717) is 11.7 Å². The number of anilines is 1. The van der Waals surface area contributed by atoms with Crippen LogP contribution in [0.2, 0.25) is 0 Å². The molecule has 1 N–H and O–H groups in total. The molecule has 0 aromatic carbocycles. The smallest absolute Gasteiger partial charge is 0.330 e. The number of rotatable bonds is 7. The number of ether oxygens (including phenoxy) is 1. The van der Waals surface area contributed by atoms with E-state index in [2.05, 4.69) is 42.4 Å². The third kappa shape index (κ3) is 5.37. The van der Waals surface area contributed by atoms with E-state index in [4.69, 9.17) is 0 Å². The second kappa shape index (κ2) is 8.73. The lowest BCUT2D eigenvalue weighted by Crippen LogP contribution is -2.28. The van der Waals surface area contributed by atoms with Crippen LogP contribution in [-0.2, 0) is 16.0 Å². The maximum atomic E-state index is 11.1. The molecule has 132 valence electrons. The van der Waals surface area contributed by atoms with Crippen molar-refractivity contribution >= 4 is 29.2 Å². The number of thiophene rings is 1. The maximum absolute atomic E-state index is 11.1. The fraction of sp³-hybridized carbons (Fsp3) is 0.389. The molecule has 2 aromatic rings. The molecule has 0 unspecified atom stereocenters. The van der Waals surface area contributed by atoms with Gasteiger partial charge in [0.15, 0.2) is 0 Å². The Hall–Kier alpha value is -2.25. The predicted octanol–water partition coefficient (Wildman–Crippen LogP) is 2.45. The Kier molecular flexibility index (Phi) is 6.14. The minimum absolute atomic E-state index is 0.397. The lowest BCUT2D eigenvalue weighted by Gasteiger charge is -2.16. The molecule has 1 aliphatic heterocycles. The third-order valence-electron chi connectivity index (χ3n) is 4.14. The molecule has 1 atom stereocenters. The van der Waals surface area contributed by atoms with Crippen LogP contribution < -0.4 is 5.32 Å². The molecule has 2 aromatic heterocycles. The van der Waals surface area contributed by atoms with Crippen LogP contribution in [0.25, 0.3) is 6.08 Å². The first kappa shape index (κ1) is 17.6. The van der Waals surface area contributed by atoms with Crippen molar-refractivity contribution in [1.82, 2.24) is 14.9 Å². The lowest BCUT2D eigenvalue weighted by molar-refractivity contribution is -0.134. The molecule has 0 aliphatic carbocycles. The highest BCUT2D eigenvalue weighted by atomic mass is 32.1. The molecule has 1 saturated heterocycles. The standard InChI is InChI=1S/C18H22N4O2S/c1-24-18(23)5-4-14-11-20-17(12-19-14)21-15-6-8-22(13-15)9-7-16-3-2-10-25-16/h2-5,10-12,15H,6-9,13H2,1H3,(H,20,21)/b5-4+/t15-/m1/s1. The molecule has 0 radical (unpaired) electrons. The summed E-state index contributed by atoms with van der Waals surface area (Å²) in [5, 5.41) is 5.57. The summed E-state index contributed by atoms with van der Waals surface area (Å²) in [5.41, 5.74) is 0.625. The van der Waals surface area contributed by atoms with Gasteiger partial charge < -0.3 is 15.0 Å². The van der Waals surface area contributed by atoms with Crippen molar-refractivity contribution in [3.05, 3.63) is 46.6 Å². The molecule has 0 saturated carbocycles. The van der Waals surface area contributed by atoms with Crippen LogP contribution in [0, 0.1) is 0 Å². The zero-order chi connectivity index (χ0) is 17.5. The summed E-state index contributed by atoms with van der Waals surface area (Å²) in [6.45, 7) is 3.23. The molecule has 0 amide bonds. The van der Waals surface area contributed by atoms with Crippen LogP contribution in [0.4, 0.5) is 5.82 Å². The van der Waals surface area contributed by atoms with E-state index < -0.39 is 5.97 Å². The average molecular weight is 358 g/mol. The Morgan fingerprint density at radius 3 is 3.12 bits per heavy atom. The predicted molar refractivity (Wildman–Crippen MR) is 99.6 cm³/mol. The Balaban J connectivity index is 1.45. The maximum Gasteiger partial charge on any atom is 0.330 e. The highest BCUT2D eigenvalue weighted by Crippen LogP contribution is 2.16. The number of hydrogen-bond donors (Lipinski definition) is 1. The van der Waals surface area contributed by atoms with Crippen LogP contribution in [0.3, 0.4) is 0 Å². The van der Waals surface area contributed by atoms with Gasteiger partial charge in [-0.3, -0.25) is 4.98 Å². The van der Waals surface area contributed by atoms with Crippen molar-refractivity contribution in [3.8, 4) is 0 Å². The molecule has 0 bridgehead atoms. The van der Waals surface area contributed by atoms with Gasteiger partial charge in [0.25, 0.3) is 0 Å². The van der Waals surface area contributed by atoms with E-state index in [1.54, 1.807) is 18.5 Å². The Morgan fingerprint density at radius 1 is 1.48 bits per heavy atom. The van der Waals surface area contributed by atoms with Crippen LogP contribution in [0.15, 0.2) is 36.0 Å². The average Bonchev–Trinajstić information content (AvgIpc) is 3.31. The number of esters is 1. The Labute approximate surface area is 151 Å². The summed E-state index contributed by atoms with van der Waals surface area (Å²) in [4.78, 5) is 23.6. The molecule has 1 fully saturated rings. The number of nitrogens with zero attached hydrogens (tertiary/aromatic N) is 3. The number of nitrogens with one attached hydrogen (secondary N) is 1. The highest BCUT2D eigenvalue weighted by molar-refractivity contribution is 7.09. The molecular weight excluding hydrogens is 336 g/mol. The number of hydrogen-bond acceptors (Lipinski definition) is 7. The molecule has 1 aliphatic rings. The van der Waals surface area contributed by atoms with E-state index in [1.807, 2.05) is 11.3 Å². The second-order valence-electron chi connectivity index (χ2n) is 5.94. The van der Waals surface area contributed by atoms with Crippen LogP contribution in [-0.4, -0.2) is 53.6 Å². The van der Waals surface area contributed by atoms with Gasteiger partial charge in [-0.15, -0.1) is 11.3 Å². The molecular formula is C18H22N4O2S. The fourth-order valence-electron chi connectivity index (χ4n) is 2.81. The molecule has 0 spiro atoms. The third-order valence-corrected chi connectivity index (χ3v) is 5.08. The van der Waals surface area contributed by atoms with Crippen molar-refractivity contribution in [3.63, 3.8) is 0 Å². The van der Waals surface area contributed by atoms with E-state index in [0.717, 1.165) is 38.3 Å². The number of likely N-dealkylation sites (tertiary alicyclic amines) is 1. The SMILES string of the molecule is COC(=O)/C=C/c1cnc(N[C@@H]2CCN(CCc3cccs3)C2)cn1. The van der Waals surface area contributed by atoms with Crippen LogP contribution >= 0.6 is 11.3 Å². The minimum Gasteiger partial charge on any atom is -0.466 e. The van der Waals surface area contributed by atoms with E-state index in [1.165, 1.54) is 18.1 Å². The molecule has 7 heteroatoms. The van der Waals surface area contributed by atoms with Gasteiger partial charge in [0.05, 0.1) is 25.2 Å². The first-order valence-corrected chi connectivity index (χ1v) is 9.20. The van der Waals surface area contributed by atoms with E-state index >= 15 is 0 Å². The number of carbonyl (C=O) groups is 1. The summed E-state index contributed by atoms with van der Waals surface area (Å²) >= 11 is 1.82. The number of methoxy groups -OCH3 is 1. The topological polar surface area (TPSA) is 67.3 Å². The summed E-state index contributed by atoms with van der Waals surface area (Å²) in [5.74, 6) is 0.359. The summed E-state index contributed by atoms with van der Waals surface area (Å²) in [6.07, 6.45) is 8.49. The fourth-order valence-corrected chi connectivity index (χ4v) is 3.50. The molecule has 3 rings (SSSR count). The largest absolute Gasteiger partial charge is 0.466 e. The first-order chi connectivity index (χ1) is 12.2. The van der Waals surface area contributed by atoms with Crippen molar-refractivity contribution in [2.24, 2.45) is 0 Å². The minimum atomic E-state index is -0.405. The quantitative estimate of drug-likeness (QED) is 0.606. The van der Waals surface area contributed by atoms with Gasteiger partial charge in [-0.05, 0) is 30.4 Å². The van der Waals surface area contributed by atoms with Gasteiger partial charge in [-0.2, -0.15) is 0 Å². The van der Waals surface area contributed by atoms with Gasteiger partial charge in [0, 0.05) is 36.6 Å². The van der Waals surface area contributed by atoms with Gasteiger partial charge in [-0.1, -0.05) is 6.07 Å². The normalized spacial score (nSPS) is 17.9. The Morgan fingerprint density at radius 2 is 2.40 bits per heavy atom. The summed E-state index contributed by atoms with van der Waals surface area (Å²) in [6, 6.07) is 4.70. The second-order valence-corrected chi connectivity index (χ2v) is 6.98. The van der Waals surface area contributed by atoms with E-state index in [9.17, 15) is 4.79 Å². The number of carbonyl (C=O) groups excluding carboxylic acids is 1. The zero-order valence-corrected chi connectivity index (χ0v) is 15.0. The van der Waals surface area contributed by atoms with Gasteiger partial charge >= 0.3 is 5.97 Å². The molecule has 3 heterocycles. The van der Waals surface area contributed by atoms with Crippen LogP contribution in [0.1, 0.15) is 17.0 Å². The van der Waals surface area contributed by atoms with Crippen molar-refractivity contribution in [2.75, 3.05) is 32.1 Å². The molecule has 6 nitrogen and oxygen atoms in total. The summed E-state index contributed by atoms with van der Waals surface area (Å²) < 4.78 is 4.55. The number of aromatic nitrogens is 2. The zero-order valence-electron chi connectivity index (χ0n) is 14.2. The lowest BCUT2D eigenvalue weighted by atomic mass is 10.2. The monoisotopic (exact) mass is 358 g/mol. The highest BCUT2D eigenvalue weighted by Gasteiger charge is 2.22. The van der Waals surface area contributed by atoms with Crippen molar-refractivity contribution in [2.45, 2.75) is 18.9 Å². The van der Waals surface area contributed by atoms with Crippen molar-refractivity contribution < 1.29 is 9.53 Å². The van der Waals surface area contributed by atoms with E-state index in [-0.39, 0.29) is 0 Å². The molecule has 25 heavy (non-hydrogen) atoms. The van der Waals surface area contributed by atoms with Gasteiger partial charge in [-0.25, -0.2) is 9.78 Å². The van der Waals surface area contributed by atoms with Crippen molar-refractivity contribution in [1.29, 1.82) is 0 Å². The first-order valence-electron chi connectivity index (χ1n) is 8.32. The van der Waals surface area contributed by atoms with Crippen LogP contribution in [0.5, 0.6) is 0 Å². The Bertz CT molecular complexity index is 700. The van der Waals surface area contributed by atoms with Gasteiger partial charge in [0.1, 0.15) is 5.82 Å². The summed E-state index contributed by atoms with van der Waals surface area (Å²) in [7, 11) is 1.34. The van der Waals surface area contributed by atoms with Gasteiger partial charge in [0.2, 0.25) is 0 Å².